The summed E-state index contributed by atoms with van der Waals surface area (Å²) in [4.78, 5) is 0. The average molecular weight is 178 g/mol. The van der Waals surface area contributed by atoms with Crippen LogP contribution in [0, 0.1) is 0 Å². The molecule has 68 valence electrons. The van der Waals surface area contributed by atoms with Crippen LogP contribution in [-0.2, 0) is 9.47 Å². The van der Waals surface area contributed by atoms with Crippen LogP contribution in [0.3, 0.4) is 0 Å². The normalized spacial score (nSPS) is 13.6. The van der Waals surface area contributed by atoms with Gasteiger partial charge in [0.15, 0.2) is 0 Å². The van der Waals surface area contributed by atoms with Crippen molar-refractivity contribution in [2.24, 2.45) is 0 Å². The summed E-state index contributed by atoms with van der Waals surface area (Å²) in [6.07, 6.45) is 0.653. The molecule has 0 bridgehead atoms. The first kappa shape index (κ1) is 11.1. The molecule has 0 fully saturated rings. The zero-order valence-electron chi connectivity index (χ0n) is 7.38. The molecule has 0 heterocycles. The molecule has 3 nitrogen and oxygen atoms in total. The maximum Gasteiger partial charge on any atom is 0.101 e. The van der Waals surface area contributed by atoms with Gasteiger partial charge in [0.25, 0.3) is 0 Å². The van der Waals surface area contributed by atoms with Crippen molar-refractivity contribution in [1.82, 2.24) is 0 Å². The molecule has 1 unspecified atom stereocenters. The van der Waals surface area contributed by atoms with Gasteiger partial charge in [-0.3, -0.25) is 0 Å². The second-order valence-corrected chi connectivity index (χ2v) is 3.54. The van der Waals surface area contributed by atoms with Gasteiger partial charge in [-0.15, -0.1) is 0 Å². The van der Waals surface area contributed by atoms with Crippen LogP contribution in [0.5, 0.6) is 0 Å². The fraction of sp³-hybridized carbons (Fsp3) is 1.00. The standard InChI is InChI=1S/C7H18O3Si/c1-9-5-7(8)6-10-3-2-4-11/h7-8H,2-6H2,1,11H3. The molecule has 0 aromatic carbocycles. The van der Waals surface area contributed by atoms with Gasteiger partial charge in [-0.25, -0.2) is 0 Å². The smallest absolute Gasteiger partial charge is 0.101 e. The Morgan fingerprint density at radius 1 is 1.45 bits per heavy atom. The Balaban J connectivity index is 2.97. The molecular weight excluding hydrogens is 160 g/mol. The summed E-state index contributed by atoms with van der Waals surface area (Å²) in [5.74, 6) is 0. The van der Waals surface area contributed by atoms with Gasteiger partial charge >= 0.3 is 0 Å². The third-order valence-electron chi connectivity index (χ3n) is 1.31. The molecular formula is C7H18O3Si. The van der Waals surface area contributed by atoms with E-state index in [0.29, 0.717) is 13.2 Å². The molecule has 0 radical (unpaired) electrons. The fourth-order valence-corrected chi connectivity index (χ4v) is 0.995. The number of aliphatic hydroxyl groups excluding tert-OH is 1. The molecule has 0 amide bonds. The van der Waals surface area contributed by atoms with Gasteiger partial charge in [-0.05, 0) is 6.42 Å². The van der Waals surface area contributed by atoms with Crippen LogP contribution >= 0.6 is 0 Å². The zero-order valence-corrected chi connectivity index (χ0v) is 9.38. The van der Waals surface area contributed by atoms with E-state index >= 15 is 0 Å². The van der Waals surface area contributed by atoms with E-state index in [1.165, 1.54) is 16.3 Å². The first-order valence-electron chi connectivity index (χ1n) is 4.06. The molecule has 0 spiro atoms. The van der Waals surface area contributed by atoms with Crippen molar-refractivity contribution in [2.45, 2.75) is 18.6 Å². The number of ether oxygens (including phenoxy) is 2. The summed E-state index contributed by atoms with van der Waals surface area (Å²) in [7, 11) is 2.81. The van der Waals surface area contributed by atoms with E-state index in [4.69, 9.17) is 14.6 Å². The van der Waals surface area contributed by atoms with Crippen molar-refractivity contribution in [1.29, 1.82) is 0 Å². The number of rotatable bonds is 7. The van der Waals surface area contributed by atoms with Gasteiger partial charge in [0.2, 0.25) is 0 Å². The van der Waals surface area contributed by atoms with Crippen LogP contribution in [0.15, 0.2) is 0 Å². The fourth-order valence-electron chi connectivity index (χ4n) is 0.706. The summed E-state index contributed by atoms with van der Waals surface area (Å²) in [5.41, 5.74) is 0. The molecule has 4 heteroatoms. The minimum absolute atomic E-state index is 0.362. The minimum Gasteiger partial charge on any atom is -0.388 e. The first-order valence-corrected chi connectivity index (χ1v) is 5.47. The van der Waals surface area contributed by atoms with Crippen LogP contribution in [0.25, 0.3) is 0 Å². The Bertz CT molecular complexity index is 80.1. The highest BCUT2D eigenvalue weighted by atomic mass is 28.1. The molecule has 11 heavy (non-hydrogen) atoms. The Morgan fingerprint density at radius 2 is 2.18 bits per heavy atom. The third-order valence-corrected chi connectivity index (χ3v) is 2.02. The molecule has 0 saturated carbocycles. The van der Waals surface area contributed by atoms with Crippen molar-refractivity contribution in [3.8, 4) is 0 Å². The molecule has 0 aromatic heterocycles. The summed E-state index contributed by atoms with van der Waals surface area (Å²) < 4.78 is 9.92. The number of aliphatic hydroxyl groups is 1. The highest BCUT2D eigenvalue weighted by Gasteiger charge is 2.01. The quantitative estimate of drug-likeness (QED) is 0.409. The van der Waals surface area contributed by atoms with Crippen LogP contribution in [0.4, 0.5) is 0 Å². The van der Waals surface area contributed by atoms with Gasteiger partial charge in [-0.2, -0.15) is 0 Å². The van der Waals surface area contributed by atoms with Gasteiger partial charge in [0.1, 0.15) is 6.10 Å². The van der Waals surface area contributed by atoms with E-state index < -0.39 is 6.10 Å². The molecule has 0 aliphatic rings. The lowest BCUT2D eigenvalue weighted by molar-refractivity contribution is -0.00577. The monoisotopic (exact) mass is 178 g/mol. The van der Waals surface area contributed by atoms with Crippen molar-refractivity contribution < 1.29 is 14.6 Å². The lowest BCUT2D eigenvalue weighted by Crippen LogP contribution is -2.21. The Hall–Kier alpha value is 0.0969. The van der Waals surface area contributed by atoms with Crippen molar-refractivity contribution >= 4 is 10.2 Å². The van der Waals surface area contributed by atoms with Crippen molar-refractivity contribution in [3.63, 3.8) is 0 Å². The van der Waals surface area contributed by atoms with Crippen molar-refractivity contribution in [3.05, 3.63) is 0 Å². The van der Waals surface area contributed by atoms with Crippen LogP contribution in [-0.4, -0.2) is 48.4 Å². The Labute approximate surface area is 71.1 Å². The number of hydrogen-bond donors (Lipinski definition) is 1. The maximum absolute atomic E-state index is 9.11. The van der Waals surface area contributed by atoms with E-state index in [1.807, 2.05) is 0 Å². The highest BCUT2D eigenvalue weighted by molar-refractivity contribution is 6.08. The molecule has 1 atom stereocenters. The number of methoxy groups -OCH3 is 1. The van der Waals surface area contributed by atoms with Crippen LogP contribution in [0.2, 0.25) is 6.04 Å². The Kier molecular flexibility index (Phi) is 8.27. The molecule has 0 rings (SSSR count). The van der Waals surface area contributed by atoms with Gasteiger partial charge in [-0.1, -0.05) is 6.04 Å². The predicted molar refractivity (Wildman–Crippen MR) is 48.1 cm³/mol. The van der Waals surface area contributed by atoms with Crippen LogP contribution < -0.4 is 0 Å². The van der Waals surface area contributed by atoms with E-state index in [9.17, 15) is 0 Å². The zero-order chi connectivity index (χ0) is 8.53. The summed E-state index contributed by atoms with van der Waals surface area (Å²) in [6, 6.07) is 1.26. The van der Waals surface area contributed by atoms with Gasteiger partial charge < -0.3 is 14.6 Å². The SMILES string of the molecule is COCC(O)COCCC[SiH3]. The lowest BCUT2D eigenvalue weighted by atomic mass is 10.4. The van der Waals surface area contributed by atoms with Gasteiger partial charge in [0, 0.05) is 24.0 Å². The van der Waals surface area contributed by atoms with E-state index in [0.717, 1.165) is 13.0 Å². The molecule has 0 saturated heterocycles. The van der Waals surface area contributed by atoms with Gasteiger partial charge in [0.05, 0.1) is 13.2 Å². The van der Waals surface area contributed by atoms with E-state index in [2.05, 4.69) is 0 Å². The van der Waals surface area contributed by atoms with Crippen molar-refractivity contribution in [2.75, 3.05) is 26.9 Å². The summed E-state index contributed by atoms with van der Waals surface area (Å²) >= 11 is 0. The van der Waals surface area contributed by atoms with Crippen LogP contribution in [0.1, 0.15) is 6.42 Å². The summed E-state index contributed by atoms with van der Waals surface area (Å²) in [6.45, 7) is 1.53. The second-order valence-electron chi connectivity index (χ2n) is 2.54. The maximum atomic E-state index is 9.11. The third kappa shape index (κ3) is 8.00. The molecule has 0 aromatic rings. The predicted octanol–water partition coefficient (Wildman–Crippen LogP) is -0.816. The molecule has 1 N–H and O–H groups in total. The Morgan fingerprint density at radius 3 is 2.73 bits per heavy atom. The average Bonchev–Trinajstić information content (AvgIpc) is 1.99. The minimum atomic E-state index is -0.464. The lowest BCUT2D eigenvalue weighted by Gasteiger charge is -2.09. The summed E-state index contributed by atoms with van der Waals surface area (Å²) in [5, 5.41) is 9.11. The topological polar surface area (TPSA) is 38.7 Å². The highest BCUT2D eigenvalue weighted by Crippen LogP contribution is 1.90. The van der Waals surface area contributed by atoms with E-state index in [-0.39, 0.29) is 0 Å². The van der Waals surface area contributed by atoms with E-state index in [1.54, 1.807) is 7.11 Å². The first-order chi connectivity index (χ1) is 5.31. The molecule has 0 aliphatic heterocycles. The second kappa shape index (κ2) is 8.20. The largest absolute Gasteiger partial charge is 0.388 e. The number of hydrogen-bond acceptors (Lipinski definition) is 3. The molecule has 0 aliphatic carbocycles.